The van der Waals surface area contributed by atoms with Crippen LogP contribution in [0.4, 0.5) is 0 Å². The molecule has 2 heteroatoms. The lowest BCUT2D eigenvalue weighted by molar-refractivity contribution is 1.18. The molecule has 0 unspecified atom stereocenters. The molecule has 2 nitrogen and oxygen atoms in total. The fourth-order valence-corrected chi connectivity index (χ4v) is 5.76. The van der Waals surface area contributed by atoms with Gasteiger partial charge in [0.2, 0.25) is 0 Å². The van der Waals surface area contributed by atoms with Crippen molar-refractivity contribution in [3.63, 3.8) is 0 Å². The van der Waals surface area contributed by atoms with Gasteiger partial charge in [0.05, 0.1) is 18.2 Å². The lowest BCUT2D eigenvalue weighted by Crippen LogP contribution is -1.96. The van der Waals surface area contributed by atoms with E-state index in [9.17, 15) is 0 Å². The van der Waals surface area contributed by atoms with E-state index >= 15 is 0 Å². The van der Waals surface area contributed by atoms with Crippen LogP contribution in [0.3, 0.4) is 0 Å². The molecule has 1 heterocycles. The molecule has 0 bridgehead atoms. The Morgan fingerprint density at radius 3 is 1.83 bits per heavy atom. The third-order valence-corrected chi connectivity index (χ3v) is 7.75. The Bertz CT molecular complexity index is 2480. The Labute approximate surface area is 251 Å². The Balaban J connectivity index is 1.32. The maximum atomic E-state index is 8.60. The van der Waals surface area contributed by atoms with Crippen molar-refractivity contribution in [2.45, 2.75) is 0 Å². The third kappa shape index (κ3) is 4.22. The van der Waals surface area contributed by atoms with Crippen LogP contribution in [0, 0.1) is 0 Å². The van der Waals surface area contributed by atoms with Gasteiger partial charge in [0.1, 0.15) is 0 Å². The van der Waals surface area contributed by atoms with E-state index in [1.165, 1.54) is 32.3 Å². The van der Waals surface area contributed by atoms with Crippen molar-refractivity contribution >= 4 is 32.3 Å². The number of aromatic nitrogens is 2. The van der Waals surface area contributed by atoms with Crippen molar-refractivity contribution in [1.82, 2.24) is 9.97 Å². The smallest absolute Gasteiger partial charge is 0.160 e. The van der Waals surface area contributed by atoms with Gasteiger partial charge in [-0.15, -0.1) is 0 Å². The molecule has 0 atom stereocenters. The van der Waals surface area contributed by atoms with Gasteiger partial charge in [-0.25, -0.2) is 9.97 Å². The molecule has 0 aliphatic heterocycles. The second-order valence-corrected chi connectivity index (χ2v) is 10.3. The highest BCUT2D eigenvalue weighted by Crippen LogP contribution is 2.40. The lowest BCUT2D eigenvalue weighted by Gasteiger charge is -2.15. The molecule has 0 radical (unpaired) electrons. The van der Waals surface area contributed by atoms with E-state index in [1.54, 1.807) is 6.07 Å². The van der Waals surface area contributed by atoms with Crippen molar-refractivity contribution in [3.8, 4) is 45.0 Å². The molecule has 7 aromatic carbocycles. The van der Waals surface area contributed by atoms with E-state index in [1.807, 2.05) is 42.5 Å². The lowest BCUT2D eigenvalue weighted by atomic mass is 9.89. The molecule has 0 aliphatic rings. The van der Waals surface area contributed by atoms with Crippen molar-refractivity contribution in [2.24, 2.45) is 0 Å². The van der Waals surface area contributed by atoms with Gasteiger partial charge >= 0.3 is 0 Å². The van der Waals surface area contributed by atoms with Crippen molar-refractivity contribution in [3.05, 3.63) is 158 Å². The van der Waals surface area contributed by atoms with Gasteiger partial charge in [-0.05, 0) is 55.6 Å². The number of benzene rings is 7. The molecule has 42 heavy (non-hydrogen) atoms. The van der Waals surface area contributed by atoms with Crippen LogP contribution >= 0.6 is 0 Å². The van der Waals surface area contributed by atoms with Gasteiger partial charge in [-0.1, -0.05) is 145 Å². The summed E-state index contributed by atoms with van der Waals surface area (Å²) in [6, 6.07) is 41.1. The molecule has 0 N–H and O–H groups in total. The largest absolute Gasteiger partial charge is 0.228 e. The number of hydrogen-bond acceptors (Lipinski definition) is 2. The van der Waals surface area contributed by atoms with Crippen LogP contribution in [0.25, 0.3) is 77.3 Å². The fraction of sp³-hybridized carbons (Fsp3) is 0. The SMILES string of the molecule is [2H]c1c([2H])c([2H])c(-c2cc(-c3ccc(-c4c5ccccc5cc5c4ccc4ccccc45)cc3)nc(-c3ccccc3)n2)c([2H])c1[2H]. The van der Waals surface area contributed by atoms with E-state index in [0.29, 0.717) is 11.5 Å². The standard InChI is InChI=1S/C40H26N2/c1-3-12-28(13-4-1)37-26-38(42-40(41-37)31-14-5-2-6-15-31)29-19-21-30(22-20-29)39-34-18-10-8-16-32(34)25-36-33-17-9-7-11-27(33)23-24-35(36)39/h1-26H/i1D,3D,4D,12D,13D. The summed E-state index contributed by atoms with van der Waals surface area (Å²) in [5.41, 5.74) is 4.69. The molecule has 8 rings (SSSR count). The number of rotatable bonds is 4. The van der Waals surface area contributed by atoms with Gasteiger partial charge in [0, 0.05) is 16.7 Å². The van der Waals surface area contributed by atoms with Gasteiger partial charge in [-0.3, -0.25) is 0 Å². The monoisotopic (exact) mass is 539 g/mol. The van der Waals surface area contributed by atoms with E-state index in [4.69, 9.17) is 16.8 Å². The first kappa shape index (κ1) is 19.5. The van der Waals surface area contributed by atoms with Crippen LogP contribution in [0.1, 0.15) is 6.85 Å². The molecule has 0 fully saturated rings. The number of fused-ring (bicyclic) bond motifs is 4. The highest BCUT2D eigenvalue weighted by Gasteiger charge is 2.14. The first-order chi connectivity index (χ1) is 22.9. The van der Waals surface area contributed by atoms with Crippen molar-refractivity contribution in [2.75, 3.05) is 0 Å². The molecule has 0 amide bonds. The minimum Gasteiger partial charge on any atom is -0.228 e. The van der Waals surface area contributed by atoms with E-state index in [0.717, 1.165) is 22.3 Å². The molecule has 0 saturated heterocycles. The number of nitrogens with zero attached hydrogens (tertiary/aromatic N) is 2. The molecule has 1 aromatic heterocycles. The average Bonchev–Trinajstić information content (AvgIpc) is 3.12. The van der Waals surface area contributed by atoms with Crippen molar-refractivity contribution in [1.29, 1.82) is 0 Å². The molecule has 196 valence electrons. The summed E-state index contributed by atoms with van der Waals surface area (Å²) >= 11 is 0. The van der Waals surface area contributed by atoms with E-state index in [-0.39, 0.29) is 23.3 Å². The zero-order valence-electron chi connectivity index (χ0n) is 27.5. The van der Waals surface area contributed by atoms with Gasteiger partial charge < -0.3 is 0 Å². The zero-order chi connectivity index (χ0) is 32.2. The summed E-state index contributed by atoms with van der Waals surface area (Å²) in [5, 5.41) is 7.12. The summed E-state index contributed by atoms with van der Waals surface area (Å²) in [5.74, 6) is 0.404. The Morgan fingerprint density at radius 2 is 1.05 bits per heavy atom. The molecule has 0 saturated carbocycles. The number of hydrogen-bond donors (Lipinski definition) is 0. The summed E-state index contributed by atoms with van der Waals surface area (Å²) in [7, 11) is 0. The molecule has 8 aromatic rings. The van der Waals surface area contributed by atoms with Crippen LogP contribution < -0.4 is 0 Å². The zero-order valence-corrected chi connectivity index (χ0v) is 22.5. The Morgan fingerprint density at radius 1 is 0.405 bits per heavy atom. The second-order valence-electron chi connectivity index (χ2n) is 10.3. The first-order valence-electron chi connectivity index (χ1n) is 16.3. The topological polar surface area (TPSA) is 25.8 Å². The van der Waals surface area contributed by atoms with Crippen LogP contribution in [-0.4, -0.2) is 9.97 Å². The molecular formula is C40H26N2. The predicted molar refractivity (Wildman–Crippen MR) is 176 cm³/mol. The third-order valence-electron chi connectivity index (χ3n) is 7.75. The minimum absolute atomic E-state index is 0.0444. The van der Waals surface area contributed by atoms with E-state index < -0.39 is 18.1 Å². The normalized spacial score (nSPS) is 13.0. The van der Waals surface area contributed by atoms with Crippen LogP contribution in [0.15, 0.2) is 158 Å². The van der Waals surface area contributed by atoms with Gasteiger partial charge in [0.25, 0.3) is 0 Å². The first-order valence-corrected chi connectivity index (χ1v) is 13.8. The maximum absolute atomic E-state index is 8.60. The highest BCUT2D eigenvalue weighted by atomic mass is 14.9. The van der Waals surface area contributed by atoms with Crippen LogP contribution in [0.2, 0.25) is 0 Å². The minimum atomic E-state index is -0.439. The summed E-state index contributed by atoms with van der Waals surface area (Å²) in [4.78, 5) is 9.61. The average molecular weight is 540 g/mol. The highest BCUT2D eigenvalue weighted by molar-refractivity contribution is 6.20. The van der Waals surface area contributed by atoms with Gasteiger partial charge in [-0.2, -0.15) is 0 Å². The fourth-order valence-electron chi connectivity index (χ4n) is 5.76. The molecule has 0 aliphatic carbocycles. The van der Waals surface area contributed by atoms with Crippen LogP contribution in [-0.2, 0) is 0 Å². The summed E-state index contributed by atoms with van der Waals surface area (Å²) in [6.07, 6.45) is 0. The molecular weight excluding hydrogens is 508 g/mol. The second kappa shape index (κ2) is 10.1. The van der Waals surface area contributed by atoms with Gasteiger partial charge in [0.15, 0.2) is 5.82 Å². The Hall–Kier alpha value is -5.60. The summed E-state index contributed by atoms with van der Waals surface area (Å²) in [6.45, 7) is 0. The molecule has 0 spiro atoms. The maximum Gasteiger partial charge on any atom is 0.160 e. The van der Waals surface area contributed by atoms with Crippen molar-refractivity contribution < 1.29 is 6.85 Å². The summed E-state index contributed by atoms with van der Waals surface area (Å²) < 4.78 is 41.7. The van der Waals surface area contributed by atoms with Crippen LogP contribution in [0.5, 0.6) is 0 Å². The van der Waals surface area contributed by atoms with E-state index in [2.05, 4.69) is 78.9 Å². The predicted octanol–water partition coefficient (Wildman–Crippen LogP) is 10.6. The quantitative estimate of drug-likeness (QED) is 0.164. The Kier molecular flexibility index (Phi) is 4.68.